The van der Waals surface area contributed by atoms with E-state index < -0.39 is 29.3 Å². The number of carbonyl (C=O) groups is 4. The highest BCUT2D eigenvalue weighted by atomic mass is 16.5. The molecule has 2 rings (SSSR count). The summed E-state index contributed by atoms with van der Waals surface area (Å²) in [6, 6.07) is 4.52. The third kappa shape index (κ3) is 4.90. The number of amides is 5. The first kappa shape index (κ1) is 21.0. The fraction of sp³-hybridized carbons (Fsp3) is 0.444. The summed E-state index contributed by atoms with van der Waals surface area (Å²) >= 11 is 0. The molecule has 0 aromatic heterocycles. The molecule has 0 bridgehead atoms. The summed E-state index contributed by atoms with van der Waals surface area (Å²) in [5.74, 6) is -0.317. The highest BCUT2D eigenvalue weighted by molar-refractivity contribution is 6.06. The molecule has 5 amide bonds. The summed E-state index contributed by atoms with van der Waals surface area (Å²) in [4.78, 5) is 48.6. The zero-order chi connectivity index (χ0) is 20.9. The molecular weight excluding hydrogens is 368 g/mol. The number of rotatable bonds is 7. The van der Waals surface area contributed by atoms with E-state index in [-0.39, 0.29) is 19.4 Å². The van der Waals surface area contributed by atoms with Crippen molar-refractivity contribution in [2.24, 2.45) is 0 Å². The summed E-state index contributed by atoms with van der Waals surface area (Å²) in [5, 5.41) is 2.53. The number of ether oxygens (including phenoxy) is 2. The first-order chi connectivity index (χ1) is 13.2. The van der Waals surface area contributed by atoms with Crippen LogP contribution in [0.2, 0.25) is 0 Å². The van der Waals surface area contributed by atoms with Gasteiger partial charge in [-0.05, 0) is 31.5 Å². The van der Waals surface area contributed by atoms with Gasteiger partial charge in [-0.15, -0.1) is 0 Å². The Bertz CT molecular complexity index is 792. The lowest BCUT2D eigenvalue weighted by atomic mass is 10.1. The van der Waals surface area contributed by atoms with Crippen molar-refractivity contribution >= 4 is 23.8 Å². The van der Waals surface area contributed by atoms with E-state index >= 15 is 0 Å². The number of benzene rings is 1. The summed E-state index contributed by atoms with van der Waals surface area (Å²) < 4.78 is 10.3. The maximum Gasteiger partial charge on any atom is 0.325 e. The Morgan fingerprint density at radius 1 is 1.07 bits per heavy atom. The van der Waals surface area contributed by atoms with Crippen molar-refractivity contribution < 1.29 is 28.7 Å². The average molecular weight is 392 g/mol. The molecule has 1 saturated heterocycles. The van der Waals surface area contributed by atoms with Gasteiger partial charge in [0.25, 0.3) is 5.91 Å². The van der Waals surface area contributed by atoms with Gasteiger partial charge in [0.15, 0.2) is 11.5 Å². The van der Waals surface area contributed by atoms with Crippen LogP contribution >= 0.6 is 0 Å². The Kier molecular flexibility index (Phi) is 6.45. The molecule has 1 aromatic carbocycles. The van der Waals surface area contributed by atoms with Crippen LogP contribution in [-0.4, -0.2) is 55.0 Å². The Hall–Kier alpha value is -3.30. The Balaban J connectivity index is 1.79. The van der Waals surface area contributed by atoms with Gasteiger partial charge in [-0.1, -0.05) is 6.07 Å². The van der Waals surface area contributed by atoms with Crippen LogP contribution in [0.1, 0.15) is 25.8 Å². The van der Waals surface area contributed by atoms with Gasteiger partial charge in [-0.3, -0.25) is 30.1 Å². The van der Waals surface area contributed by atoms with Gasteiger partial charge in [0.2, 0.25) is 11.8 Å². The van der Waals surface area contributed by atoms with Gasteiger partial charge in [-0.25, -0.2) is 4.79 Å². The Morgan fingerprint density at radius 3 is 2.29 bits per heavy atom. The molecule has 152 valence electrons. The quantitative estimate of drug-likeness (QED) is 0.447. The van der Waals surface area contributed by atoms with Crippen LogP contribution in [-0.2, 0) is 20.8 Å². The van der Waals surface area contributed by atoms with Crippen molar-refractivity contribution in [3.63, 3.8) is 0 Å². The summed E-state index contributed by atoms with van der Waals surface area (Å²) in [6.45, 7) is 3.09. The first-order valence-electron chi connectivity index (χ1n) is 8.60. The van der Waals surface area contributed by atoms with E-state index in [1.807, 2.05) is 0 Å². The molecule has 0 spiro atoms. The molecule has 10 heteroatoms. The molecule has 1 aliphatic heterocycles. The highest BCUT2D eigenvalue weighted by Crippen LogP contribution is 2.27. The van der Waals surface area contributed by atoms with E-state index in [0.717, 1.165) is 4.90 Å². The molecule has 0 aliphatic carbocycles. The molecule has 0 radical (unpaired) electrons. The van der Waals surface area contributed by atoms with Crippen LogP contribution in [0.5, 0.6) is 11.5 Å². The molecule has 0 atom stereocenters. The molecular formula is C18H24N4O6. The minimum absolute atomic E-state index is 0.0157. The highest BCUT2D eigenvalue weighted by Gasteiger charge is 2.43. The van der Waals surface area contributed by atoms with E-state index in [2.05, 4.69) is 16.2 Å². The topological polar surface area (TPSA) is 126 Å². The predicted octanol–water partition coefficient (Wildman–Crippen LogP) is 0.114. The molecule has 1 aromatic rings. The van der Waals surface area contributed by atoms with Gasteiger partial charge in [0.1, 0.15) is 5.54 Å². The van der Waals surface area contributed by atoms with Crippen molar-refractivity contribution in [3.8, 4) is 11.5 Å². The molecule has 3 N–H and O–H groups in total. The average Bonchev–Trinajstić information content (AvgIpc) is 2.85. The number of imide groups is 1. The van der Waals surface area contributed by atoms with Gasteiger partial charge in [0.05, 0.1) is 20.6 Å². The molecule has 1 aliphatic rings. The fourth-order valence-corrected chi connectivity index (χ4v) is 2.66. The lowest BCUT2D eigenvalue weighted by molar-refractivity contribution is -0.131. The second kappa shape index (κ2) is 8.59. The monoisotopic (exact) mass is 392 g/mol. The van der Waals surface area contributed by atoms with E-state index in [9.17, 15) is 19.2 Å². The zero-order valence-corrected chi connectivity index (χ0v) is 16.3. The number of hydrogen-bond donors (Lipinski definition) is 3. The molecule has 1 fully saturated rings. The van der Waals surface area contributed by atoms with Crippen molar-refractivity contribution in [1.82, 2.24) is 21.1 Å². The molecule has 28 heavy (non-hydrogen) atoms. The number of methoxy groups -OCH3 is 2. The van der Waals surface area contributed by atoms with Gasteiger partial charge in [0, 0.05) is 13.0 Å². The smallest absolute Gasteiger partial charge is 0.325 e. The SMILES string of the molecule is COc1ccc(CC(=O)NNC(=O)CCN2C(=O)NC(C)(C)C2=O)cc1OC. The van der Waals surface area contributed by atoms with Crippen LogP contribution in [0.3, 0.4) is 0 Å². The predicted molar refractivity (Wildman–Crippen MR) is 98.5 cm³/mol. The van der Waals surface area contributed by atoms with Crippen LogP contribution in [0.15, 0.2) is 18.2 Å². The Labute approximate surface area is 162 Å². The fourth-order valence-electron chi connectivity index (χ4n) is 2.66. The maximum absolute atomic E-state index is 12.0. The first-order valence-corrected chi connectivity index (χ1v) is 8.60. The molecule has 0 saturated carbocycles. The lowest BCUT2D eigenvalue weighted by Crippen LogP contribution is -2.44. The van der Waals surface area contributed by atoms with Crippen LogP contribution in [0.25, 0.3) is 0 Å². The minimum atomic E-state index is -0.985. The lowest BCUT2D eigenvalue weighted by Gasteiger charge is -2.15. The Morgan fingerprint density at radius 2 is 1.71 bits per heavy atom. The largest absolute Gasteiger partial charge is 0.493 e. The number of nitrogens with zero attached hydrogens (tertiary/aromatic N) is 1. The molecule has 1 heterocycles. The maximum atomic E-state index is 12.0. The second-order valence-corrected chi connectivity index (χ2v) is 6.72. The summed E-state index contributed by atoms with van der Waals surface area (Å²) in [7, 11) is 3.01. The summed E-state index contributed by atoms with van der Waals surface area (Å²) in [6.07, 6.45) is -0.117. The normalized spacial score (nSPS) is 15.1. The van der Waals surface area contributed by atoms with Crippen molar-refractivity contribution in [1.29, 1.82) is 0 Å². The third-order valence-electron chi connectivity index (χ3n) is 4.16. The second-order valence-electron chi connectivity index (χ2n) is 6.72. The van der Waals surface area contributed by atoms with E-state index in [1.165, 1.54) is 14.2 Å². The van der Waals surface area contributed by atoms with Crippen molar-refractivity contribution in [2.45, 2.75) is 32.2 Å². The number of nitrogens with one attached hydrogen (secondary N) is 3. The number of hydrogen-bond acceptors (Lipinski definition) is 6. The third-order valence-corrected chi connectivity index (χ3v) is 4.16. The standard InChI is InChI=1S/C18H24N4O6/c1-18(2)16(25)22(17(26)19-18)8-7-14(23)20-21-15(24)10-11-5-6-12(27-3)13(9-11)28-4/h5-6,9H,7-8,10H2,1-4H3,(H,19,26)(H,20,23)(H,21,24). The van der Waals surface area contributed by atoms with E-state index in [1.54, 1.807) is 32.0 Å². The molecule has 10 nitrogen and oxygen atoms in total. The summed E-state index contributed by atoms with van der Waals surface area (Å²) in [5.41, 5.74) is 4.25. The van der Waals surface area contributed by atoms with Crippen molar-refractivity contribution in [3.05, 3.63) is 23.8 Å². The van der Waals surface area contributed by atoms with Crippen molar-refractivity contribution in [2.75, 3.05) is 20.8 Å². The molecule has 0 unspecified atom stereocenters. The number of carbonyl (C=O) groups excluding carboxylic acids is 4. The van der Waals surface area contributed by atoms with E-state index in [4.69, 9.17) is 9.47 Å². The minimum Gasteiger partial charge on any atom is -0.493 e. The van der Waals surface area contributed by atoms with Crippen LogP contribution < -0.4 is 25.6 Å². The van der Waals surface area contributed by atoms with Gasteiger partial charge >= 0.3 is 6.03 Å². The van der Waals surface area contributed by atoms with Gasteiger partial charge in [-0.2, -0.15) is 0 Å². The number of hydrazine groups is 1. The van der Waals surface area contributed by atoms with Gasteiger partial charge < -0.3 is 14.8 Å². The number of urea groups is 1. The van der Waals surface area contributed by atoms with E-state index in [0.29, 0.717) is 17.1 Å². The zero-order valence-electron chi connectivity index (χ0n) is 16.3. The van der Waals surface area contributed by atoms with Crippen LogP contribution in [0.4, 0.5) is 4.79 Å². The van der Waals surface area contributed by atoms with Crippen LogP contribution in [0, 0.1) is 0 Å².